The molecule has 102 valence electrons. The Bertz CT molecular complexity index is 575. The second kappa shape index (κ2) is 5.27. The molecule has 0 bridgehead atoms. The maximum absolute atomic E-state index is 13.2. The van der Waals surface area contributed by atoms with E-state index in [4.69, 9.17) is 17.3 Å². The summed E-state index contributed by atoms with van der Waals surface area (Å²) in [6, 6.07) is 2.51. The number of hydrogen-bond donors (Lipinski definition) is 1. The summed E-state index contributed by atoms with van der Waals surface area (Å²) in [6.07, 6.45) is 1.48. The largest absolute Gasteiger partial charge is 0.319 e. The van der Waals surface area contributed by atoms with E-state index in [1.807, 2.05) is 13.8 Å². The van der Waals surface area contributed by atoms with E-state index in [9.17, 15) is 8.78 Å². The van der Waals surface area contributed by atoms with Crippen LogP contribution in [0.4, 0.5) is 8.78 Å². The zero-order valence-electron chi connectivity index (χ0n) is 10.6. The average Bonchev–Trinajstić information content (AvgIpc) is 2.69. The summed E-state index contributed by atoms with van der Waals surface area (Å²) in [5.74, 6) is -1.34. The predicted molar refractivity (Wildman–Crippen MR) is 70.0 cm³/mol. The Morgan fingerprint density at radius 3 is 2.32 bits per heavy atom. The lowest BCUT2D eigenvalue weighted by atomic mass is 10.0. The first-order valence-corrected chi connectivity index (χ1v) is 6.22. The average molecular weight is 286 g/mol. The van der Waals surface area contributed by atoms with Gasteiger partial charge < -0.3 is 5.73 Å². The monoisotopic (exact) mass is 285 g/mol. The van der Waals surface area contributed by atoms with E-state index >= 15 is 0 Å². The lowest BCUT2D eigenvalue weighted by Crippen LogP contribution is -2.19. The van der Waals surface area contributed by atoms with Gasteiger partial charge in [0.25, 0.3) is 0 Å². The molecule has 1 heterocycles. The molecule has 0 aliphatic rings. The van der Waals surface area contributed by atoms with Crippen molar-refractivity contribution in [2.24, 2.45) is 5.73 Å². The Hall–Kier alpha value is -1.46. The van der Waals surface area contributed by atoms with E-state index in [2.05, 4.69) is 5.10 Å². The first-order valence-electron chi connectivity index (χ1n) is 5.84. The van der Waals surface area contributed by atoms with Gasteiger partial charge in [0.15, 0.2) is 0 Å². The van der Waals surface area contributed by atoms with Crippen LogP contribution in [0.25, 0.3) is 0 Å². The molecule has 0 amide bonds. The molecule has 2 aromatic rings. The highest BCUT2D eigenvalue weighted by Gasteiger charge is 2.21. The first-order chi connectivity index (χ1) is 8.90. The van der Waals surface area contributed by atoms with Gasteiger partial charge in [0.2, 0.25) is 0 Å². The number of halogens is 3. The molecule has 6 heteroatoms. The first kappa shape index (κ1) is 14.0. The maximum Gasteiger partial charge on any atom is 0.126 e. The highest BCUT2D eigenvalue weighted by atomic mass is 35.5. The van der Waals surface area contributed by atoms with Crippen molar-refractivity contribution in [1.29, 1.82) is 0 Å². The predicted octanol–water partition coefficient (Wildman–Crippen LogP) is 3.44. The molecule has 0 aliphatic carbocycles. The third-order valence-electron chi connectivity index (χ3n) is 2.81. The van der Waals surface area contributed by atoms with Crippen molar-refractivity contribution in [3.8, 4) is 0 Å². The molecular formula is C13H14ClF2N3. The molecule has 1 unspecified atom stereocenters. The molecule has 19 heavy (non-hydrogen) atoms. The fourth-order valence-corrected chi connectivity index (χ4v) is 2.21. The summed E-state index contributed by atoms with van der Waals surface area (Å²) in [4.78, 5) is 0. The van der Waals surface area contributed by atoms with Gasteiger partial charge in [-0.3, -0.25) is 4.68 Å². The molecule has 0 aliphatic heterocycles. The van der Waals surface area contributed by atoms with Crippen LogP contribution in [0.1, 0.15) is 37.2 Å². The number of benzene rings is 1. The number of aromatic nitrogens is 2. The van der Waals surface area contributed by atoms with E-state index in [-0.39, 0.29) is 6.04 Å². The molecule has 2 N–H and O–H groups in total. The van der Waals surface area contributed by atoms with E-state index in [0.717, 1.165) is 6.07 Å². The van der Waals surface area contributed by atoms with E-state index in [1.165, 1.54) is 18.3 Å². The van der Waals surface area contributed by atoms with E-state index in [0.29, 0.717) is 16.3 Å². The topological polar surface area (TPSA) is 43.8 Å². The normalized spacial score (nSPS) is 13.0. The molecular weight excluding hydrogens is 272 g/mol. The summed E-state index contributed by atoms with van der Waals surface area (Å²) >= 11 is 6.06. The summed E-state index contributed by atoms with van der Waals surface area (Å²) in [5, 5.41) is 4.50. The van der Waals surface area contributed by atoms with Crippen LogP contribution in [0.15, 0.2) is 24.4 Å². The zero-order valence-corrected chi connectivity index (χ0v) is 11.3. The Morgan fingerprint density at radius 2 is 1.79 bits per heavy atom. The minimum atomic E-state index is -0.734. The minimum absolute atomic E-state index is 0.0481. The van der Waals surface area contributed by atoms with Crippen LogP contribution in [0.3, 0.4) is 0 Å². The number of nitrogens with zero attached hydrogens (tertiary/aromatic N) is 2. The van der Waals surface area contributed by atoms with Crippen molar-refractivity contribution >= 4 is 11.6 Å². The second-order valence-electron chi connectivity index (χ2n) is 4.60. The van der Waals surface area contributed by atoms with Crippen molar-refractivity contribution in [2.75, 3.05) is 0 Å². The SMILES string of the molecule is CC(C)n1ncc(Cl)c1C(N)c1cc(F)cc(F)c1. The highest BCUT2D eigenvalue weighted by Crippen LogP contribution is 2.29. The van der Waals surface area contributed by atoms with Gasteiger partial charge in [0.1, 0.15) is 11.6 Å². The molecule has 0 radical (unpaired) electrons. The minimum Gasteiger partial charge on any atom is -0.319 e. The van der Waals surface area contributed by atoms with Crippen LogP contribution in [-0.2, 0) is 0 Å². The van der Waals surface area contributed by atoms with Crippen LogP contribution in [0, 0.1) is 11.6 Å². The van der Waals surface area contributed by atoms with E-state index in [1.54, 1.807) is 4.68 Å². The van der Waals surface area contributed by atoms with Crippen molar-refractivity contribution in [3.63, 3.8) is 0 Å². The summed E-state index contributed by atoms with van der Waals surface area (Å²) in [5.41, 5.74) is 6.92. The fourth-order valence-electron chi connectivity index (χ4n) is 1.97. The van der Waals surface area contributed by atoms with Gasteiger partial charge in [-0.15, -0.1) is 0 Å². The maximum atomic E-state index is 13.2. The van der Waals surface area contributed by atoms with Crippen LogP contribution >= 0.6 is 11.6 Å². The smallest absolute Gasteiger partial charge is 0.126 e. The molecule has 0 fully saturated rings. The summed E-state index contributed by atoms with van der Waals surface area (Å²) < 4.78 is 28.1. The standard InChI is InChI=1S/C13H14ClF2N3/c1-7(2)19-13(11(14)6-18-19)12(17)8-3-9(15)5-10(16)4-8/h3-7,12H,17H2,1-2H3. The molecule has 0 spiro atoms. The quantitative estimate of drug-likeness (QED) is 0.939. The van der Waals surface area contributed by atoms with Crippen LogP contribution in [-0.4, -0.2) is 9.78 Å². The van der Waals surface area contributed by atoms with Gasteiger partial charge in [0.05, 0.1) is 23.0 Å². The molecule has 3 nitrogen and oxygen atoms in total. The Balaban J connectivity index is 2.49. The van der Waals surface area contributed by atoms with Gasteiger partial charge >= 0.3 is 0 Å². The number of nitrogens with two attached hydrogens (primary N) is 1. The van der Waals surface area contributed by atoms with Gasteiger partial charge in [-0.25, -0.2) is 8.78 Å². The highest BCUT2D eigenvalue weighted by molar-refractivity contribution is 6.31. The number of hydrogen-bond acceptors (Lipinski definition) is 2. The van der Waals surface area contributed by atoms with Gasteiger partial charge in [0, 0.05) is 12.1 Å². The van der Waals surface area contributed by atoms with Gasteiger partial charge in [-0.1, -0.05) is 11.6 Å². The van der Waals surface area contributed by atoms with Crippen molar-refractivity contribution in [2.45, 2.75) is 25.9 Å². The number of rotatable bonds is 3. The lowest BCUT2D eigenvalue weighted by molar-refractivity contribution is 0.497. The molecule has 1 atom stereocenters. The van der Waals surface area contributed by atoms with E-state index < -0.39 is 17.7 Å². The van der Waals surface area contributed by atoms with Crippen molar-refractivity contribution in [3.05, 3.63) is 52.3 Å². The van der Waals surface area contributed by atoms with Crippen LogP contribution in [0.5, 0.6) is 0 Å². The van der Waals surface area contributed by atoms with Crippen molar-refractivity contribution < 1.29 is 8.78 Å². The summed E-state index contributed by atoms with van der Waals surface area (Å²) in [6.45, 7) is 3.84. The summed E-state index contributed by atoms with van der Waals surface area (Å²) in [7, 11) is 0. The lowest BCUT2D eigenvalue weighted by Gasteiger charge is -2.17. The van der Waals surface area contributed by atoms with Gasteiger partial charge in [-0.05, 0) is 31.5 Å². The fraction of sp³-hybridized carbons (Fsp3) is 0.308. The Kier molecular flexibility index (Phi) is 3.87. The molecule has 0 saturated heterocycles. The zero-order chi connectivity index (χ0) is 14.2. The van der Waals surface area contributed by atoms with Crippen LogP contribution in [0.2, 0.25) is 5.02 Å². The van der Waals surface area contributed by atoms with Crippen molar-refractivity contribution in [1.82, 2.24) is 9.78 Å². The third-order valence-corrected chi connectivity index (χ3v) is 3.11. The molecule has 1 aromatic heterocycles. The Labute approximate surface area is 115 Å². The molecule has 0 saturated carbocycles. The van der Waals surface area contributed by atoms with Gasteiger partial charge in [-0.2, -0.15) is 5.10 Å². The third kappa shape index (κ3) is 2.77. The second-order valence-corrected chi connectivity index (χ2v) is 5.00. The Morgan fingerprint density at radius 1 is 1.21 bits per heavy atom. The molecule has 1 aromatic carbocycles. The molecule has 2 rings (SSSR count). The van der Waals surface area contributed by atoms with Crippen LogP contribution < -0.4 is 5.73 Å².